The summed E-state index contributed by atoms with van der Waals surface area (Å²) in [5.74, 6) is 1.72. The number of methoxy groups -OCH3 is 1. The van der Waals surface area contributed by atoms with E-state index >= 15 is 0 Å². The quantitative estimate of drug-likeness (QED) is 0.392. The van der Waals surface area contributed by atoms with Gasteiger partial charge in [-0.25, -0.2) is 0 Å². The molecule has 4 aliphatic rings. The third-order valence-corrected chi connectivity index (χ3v) is 10.0. The minimum Gasteiger partial charge on any atom is -0.380 e. The second-order valence-corrected chi connectivity index (χ2v) is 11.9. The number of rotatable bonds is 8. The van der Waals surface area contributed by atoms with Gasteiger partial charge in [-0.05, 0) is 92.4 Å². The molecule has 4 fully saturated rings. The number of halogens is 1. The summed E-state index contributed by atoms with van der Waals surface area (Å²) in [7, 11) is 1.88. The highest BCUT2D eigenvalue weighted by Gasteiger charge is 2.35. The molecule has 198 valence electrons. The van der Waals surface area contributed by atoms with Gasteiger partial charge in [0.05, 0.1) is 6.10 Å². The van der Waals surface area contributed by atoms with E-state index in [4.69, 9.17) is 4.74 Å². The van der Waals surface area contributed by atoms with Gasteiger partial charge in [-0.1, -0.05) is 26.7 Å². The van der Waals surface area contributed by atoms with Gasteiger partial charge < -0.3 is 14.5 Å². The predicted molar refractivity (Wildman–Crippen MR) is 152 cm³/mol. The highest BCUT2D eigenvalue weighted by atomic mass is 35.5. The minimum atomic E-state index is 0. The van der Waals surface area contributed by atoms with Gasteiger partial charge in [0.25, 0.3) is 0 Å². The molecule has 0 radical (unpaired) electrons. The molecule has 2 heterocycles. The maximum absolute atomic E-state index is 5.74. The van der Waals surface area contributed by atoms with E-state index in [2.05, 4.69) is 46.7 Å². The van der Waals surface area contributed by atoms with Crippen LogP contribution in [0.1, 0.15) is 89.5 Å². The second-order valence-electron chi connectivity index (χ2n) is 11.9. The van der Waals surface area contributed by atoms with Crippen LogP contribution in [0.2, 0.25) is 0 Å². The highest BCUT2D eigenvalue weighted by Crippen LogP contribution is 2.49. The zero-order chi connectivity index (χ0) is 23.5. The molecule has 0 unspecified atom stereocenters. The lowest BCUT2D eigenvalue weighted by atomic mass is 9.66. The smallest absolute Gasteiger partial charge is 0.0746 e. The number of nitrogens with zero attached hydrogens (tertiary/aromatic N) is 3. The van der Waals surface area contributed by atoms with Crippen molar-refractivity contribution in [1.29, 1.82) is 0 Å². The van der Waals surface area contributed by atoms with Gasteiger partial charge in [0, 0.05) is 64.3 Å². The Morgan fingerprint density at radius 3 is 2.23 bits per heavy atom. The topological polar surface area (TPSA) is 19.0 Å². The summed E-state index contributed by atoms with van der Waals surface area (Å²) in [5, 5.41) is 0. The molecule has 0 N–H and O–H groups in total. The Balaban J connectivity index is 0.00000289. The lowest BCUT2D eigenvalue weighted by Crippen LogP contribution is -2.47. The van der Waals surface area contributed by atoms with Crippen molar-refractivity contribution in [2.75, 3.05) is 62.7 Å². The van der Waals surface area contributed by atoms with Crippen LogP contribution in [-0.2, 0) is 4.74 Å². The largest absolute Gasteiger partial charge is 0.380 e. The number of hydrogen-bond acceptors (Lipinski definition) is 4. The Morgan fingerprint density at radius 1 is 0.886 bits per heavy atom. The van der Waals surface area contributed by atoms with Crippen LogP contribution in [0.3, 0.4) is 0 Å². The van der Waals surface area contributed by atoms with Gasteiger partial charge in [0.2, 0.25) is 0 Å². The summed E-state index contributed by atoms with van der Waals surface area (Å²) in [6, 6.07) is 7.50. The number of ether oxygens (including phenoxy) is 1. The number of hydrogen-bond donors (Lipinski definition) is 0. The van der Waals surface area contributed by atoms with E-state index in [0.717, 1.165) is 19.0 Å². The SMILES string of the molecule is CCC1(CC)CCC(c2cc(N3CCC[C@@H](OC)C3)ccc2N2CCN(CC3CC3)CC2)CC1.Cl. The summed E-state index contributed by atoms with van der Waals surface area (Å²) in [6.45, 7) is 13.2. The Hall–Kier alpha value is -0.970. The first-order valence-corrected chi connectivity index (χ1v) is 14.5. The van der Waals surface area contributed by atoms with Gasteiger partial charge in [0.15, 0.2) is 0 Å². The molecule has 1 aromatic carbocycles. The first-order chi connectivity index (χ1) is 16.6. The standard InChI is InChI=1S/C30H49N3O.ClH/c1-4-30(5-2)14-12-25(13-15-30)28-21-26(33-16-6-7-27(23-33)34-3)10-11-29(28)32-19-17-31(18-20-32)22-24-8-9-24;/h10-11,21,24-25,27H,4-9,12-20,22-23H2,1-3H3;1H/t27-;/m1./s1. The van der Waals surface area contributed by atoms with E-state index in [1.807, 2.05) is 7.11 Å². The zero-order valence-corrected chi connectivity index (χ0v) is 23.5. The average Bonchev–Trinajstić information content (AvgIpc) is 3.73. The minimum absolute atomic E-state index is 0. The van der Waals surface area contributed by atoms with Crippen molar-refractivity contribution in [3.63, 3.8) is 0 Å². The molecule has 5 rings (SSSR count). The van der Waals surface area contributed by atoms with E-state index in [9.17, 15) is 0 Å². The van der Waals surface area contributed by atoms with Crippen molar-refractivity contribution < 1.29 is 4.74 Å². The van der Waals surface area contributed by atoms with Crippen LogP contribution in [0.15, 0.2) is 18.2 Å². The predicted octanol–water partition coefficient (Wildman–Crippen LogP) is 6.72. The highest BCUT2D eigenvalue weighted by molar-refractivity contribution is 5.85. The number of piperidine rings is 1. The van der Waals surface area contributed by atoms with Crippen LogP contribution in [0.5, 0.6) is 0 Å². The first-order valence-electron chi connectivity index (χ1n) is 14.5. The fraction of sp³-hybridized carbons (Fsp3) is 0.800. The van der Waals surface area contributed by atoms with Crippen LogP contribution in [0.4, 0.5) is 11.4 Å². The number of piperazine rings is 1. The lowest BCUT2D eigenvalue weighted by Gasteiger charge is -2.42. The van der Waals surface area contributed by atoms with Gasteiger partial charge in [-0.2, -0.15) is 0 Å². The molecule has 2 aliphatic carbocycles. The number of anilines is 2. The average molecular weight is 504 g/mol. The normalized spacial score (nSPS) is 26.0. The van der Waals surface area contributed by atoms with Gasteiger partial charge in [-0.3, -0.25) is 4.90 Å². The summed E-state index contributed by atoms with van der Waals surface area (Å²) in [6.07, 6.45) is 13.9. The third-order valence-electron chi connectivity index (χ3n) is 10.0. The third kappa shape index (κ3) is 6.30. The Kier molecular flexibility index (Phi) is 9.32. The van der Waals surface area contributed by atoms with Crippen molar-refractivity contribution in [2.24, 2.45) is 11.3 Å². The molecular weight excluding hydrogens is 454 g/mol. The van der Waals surface area contributed by atoms with Gasteiger partial charge in [0.1, 0.15) is 0 Å². The number of benzene rings is 1. The molecule has 2 saturated carbocycles. The van der Waals surface area contributed by atoms with Crippen molar-refractivity contribution in [3.8, 4) is 0 Å². The van der Waals surface area contributed by atoms with Gasteiger partial charge in [-0.15, -0.1) is 12.4 Å². The van der Waals surface area contributed by atoms with E-state index in [0.29, 0.717) is 17.4 Å². The fourth-order valence-corrected chi connectivity index (χ4v) is 7.05. The Bertz CT molecular complexity index is 791. The Morgan fingerprint density at radius 2 is 1.60 bits per heavy atom. The molecule has 1 aromatic rings. The summed E-state index contributed by atoms with van der Waals surface area (Å²) in [5.41, 5.74) is 5.21. The molecule has 0 bridgehead atoms. The van der Waals surface area contributed by atoms with Crippen LogP contribution < -0.4 is 9.80 Å². The molecule has 35 heavy (non-hydrogen) atoms. The second kappa shape index (κ2) is 12.0. The first kappa shape index (κ1) is 27.1. The van der Waals surface area contributed by atoms with Crippen molar-refractivity contribution >= 4 is 23.8 Å². The van der Waals surface area contributed by atoms with Crippen molar-refractivity contribution in [3.05, 3.63) is 23.8 Å². The molecule has 0 amide bonds. The van der Waals surface area contributed by atoms with Crippen molar-refractivity contribution in [1.82, 2.24) is 4.90 Å². The summed E-state index contributed by atoms with van der Waals surface area (Å²) >= 11 is 0. The van der Waals surface area contributed by atoms with E-state index in [1.165, 1.54) is 103 Å². The molecule has 0 aromatic heterocycles. The van der Waals surface area contributed by atoms with Gasteiger partial charge >= 0.3 is 0 Å². The summed E-state index contributed by atoms with van der Waals surface area (Å²) < 4.78 is 5.74. The fourth-order valence-electron chi connectivity index (χ4n) is 7.05. The Labute approximate surface area is 221 Å². The van der Waals surface area contributed by atoms with E-state index < -0.39 is 0 Å². The van der Waals surface area contributed by atoms with E-state index in [-0.39, 0.29) is 12.4 Å². The zero-order valence-electron chi connectivity index (χ0n) is 22.6. The van der Waals surface area contributed by atoms with Crippen LogP contribution in [0, 0.1) is 11.3 Å². The maximum Gasteiger partial charge on any atom is 0.0746 e. The molecule has 0 spiro atoms. The molecule has 2 saturated heterocycles. The molecule has 5 heteroatoms. The molecule has 4 nitrogen and oxygen atoms in total. The van der Waals surface area contributed by atoms with Crippen LogP contribution >= 0.6 is 12.4 Å². The van der Waals surface area contributed by atoms with Crippen molar-refractivity contribution in [2.45, 2.75) is 90.1 Å². The molecular formula is C30H50ClN3O. The maximum atomic E-state index is 5.74. The monoisotopic (exact) mass is 503 g/mol. The lowest BCUT2D eigenvalue weighted by molar-refractivity contribution is 0.0893. The van der Waals surface area contributed by atoms with Crippen LogP contribution in [-0.4, -0.2) is 63.9 Å². The van der Waals surface area contributed by atoms with Crippen LogP contribution in [0.25, 0.3) is 0 Å². The molecule has 1 atom stereocenters. The summed E-state index contributed by atoms with van der Waals surface area (Å²) in [4.78, 5) is 8.03. The molecule has 2 aliphatic heterocycles. The van der Waals surface area contributed by atoms with E-state index in [1.54, 1.807) is 11.3 Å².